The Labute approximate surface area is 360 Å². The second-order valence-electron chi connectivity index (χ2n) is 15.5. The molecule has 0 aliphatic rings. The van der Waals surface area contributed by atoms with E-state index in [4.69, 9.17) is 28.9 Å². The van der Waals surface area contributed by atoms with Gasteiger partial charge in [-0.2, -0.15) is 4.99 Å². The molecule has 17 heteroatoms. The van der Waals surface area contributed by atoms with Crippen LogP contribution in [0.4, 0.5) is 21.2 Å². The van der Waals surface area contributed by atoms with Crippen LogP contribution in [-0.2, 0) is 32.2 Å². The van der Waals surface area contributed by atoms with Crippen LogP contribution in [0.1, 0.15) is 52.2 Å². The Morgan fingerprint density at radius 2 is 1.78 bits per heavy atom. The minimum absolute atomic E-state index is 0.126. The lowest BCUT2D eigenvalue weighted by Crippen LogP contribution is -2.23. The number of methoxy groups -OCH3 is 2. The summed E-state index contributed by atoms with van der Waals surface area (Å²) in [5.74, 6) is 5.69. The fourth-order valence-electron chi connectivity index (χ4n) is 5.80. The first-order valence-electron chi connectivity index (χ1n) is 19.8. The van der Waals surface area contributed by atoms with Crippen LogP contribution in [0.25, 0.3) is 10.2 Å². The normalized spacial score (nSPS) is 11.8. The molecule has 0 saturated heterocycles. The molecule has 0 unspecified atom stereocenters. The maximum atomic E-state index is 14.8. The molecule has 2 aromatic carbocycles. The molecule has 0 saturated carbocycles. The van der Waals surface area contributed by atoms with Gasteiger partial charge in [0.15, 0.2) is 38.8 Å². The van der Waals surface area contributed by atoms with Gasteiger partial charge in [-0.1, -0.05) is 55.0 Å². The van der Waals surface area contributed by atoms with Gasteiger partial charge >= 0.3 is 11.9 Å². The van der Waals surface area contributed by atoms with Crippen molar-refractivity contribution >= 4 is 69.7 Å². The minimum Gasteiger partial charge on any atom is -0.491 e. The third kappa shape index (κ3) is 13.3. The predicted octanol–water partition coefficient (Wildman–Crippen LogP) is 8.13. The zero-order chi connectivity index (χ0) is 43.2. The van der Waals surface area contributed by atoms with Crippen molar-refractivity contribution in [1.82, 2.24) is 24.6 Å². The molecule has 13 nitrogen and oxygen atoms in total. The molecule has 5 rings (SSSR count). The van der Waals surface area contributed by atoms with Crippen LogP contribution in [0.2, 0.25) is 25.7 Å². The average molecular weight is 876 g/mol. The molecule has 0 aliphatic heterocycles. The van der Waals surface area contributed by atoms with Crippen molar-refractivity contribution in [2.24, 2.45) is 4.99 Å². The van der Waals surface area contributed by atoms with Crippen molar-refractivity contribution in [2.45, 2.75) is 71.4 Å². The first-order chi connectivity index (χ1) is 28.8. The summed E-state index contributed by atoms with van der Waals surface area (Å²) in [4.78, 5) is 39.9. The number of esters is 2. The quantitative estimate of drug-likeness (QED) is 0.0325. The van der Waals surface area contributed by atoms with E-state index in [0.717, 1.165) is 26.6 Å². The van der Waals surface area contributed by atoms with Gasteiger partial charge in [0.05, 0.1) is 37.6 Å². The van der Waals surface area contributed by atoms with E-state index >= 15 is 0 Å². The highest BCUT2D eigenvalue weighted by Crippen LogP contribution is 2.34. The van der Waals surface area contributed by atoms with Gasteiger partial charge in [0, 0.05) is 38.1 Å². The maximum Gasteiger partial charge on any atom is 0.357 e. The van der Waals surface area contributed by atoms with Crippen LogP contribution < -0.4 is 14.4 Å². The fourth-order valence-corrected chi connectivity index (χ4v) is 8.70. The molecule has 0 atom stereocenters. The molecule has 320 valence electrons. The topological polar surface area (TPSA) is 134 Å². The monoisotopic (exact) mass is 875 g/mol. The smallest absolute Gasteiger partial charge is 0.357 e. The molecule has 0 spiro atoms. The Balaban J connectivity index is 1.38. The Morgan fingerprint density at radius 3 is 2.50 bits per heavy atom. The molecule has 5 aromatic rings. The number of carbonyl (C=O) groups is 2. The number of hydrogen-bond donors (Lipinski definition) is 0. The number of para-hydroxylation sites is 1. The number of hydrogen-bond acceptors (Lipinski definition) is 14. The first kappa shape index (κ1) is 46.1. The molecular formula is C43H54FN7O6S2Si. The van der Waals surface area contributed by atoms with Crippen LogP contribution in [0.3, 0.4) is 0 Å². The van der Waals surface area contributed by atoms with Gasteiger partial charge in [0.1, 0.15) is 6.73 Å². The van der Waals surface area contributed by atoms with E-state index < -0.39 is 19.9 Å². The number of ether oxygens (including phenoxy) is 4. The predicted molar refractivity (Wildman–Crippen MR) is 238 cm³/mol. The van der Waals surface area contributed by atoms with E-state index in [1.54, 1.807) is 23.5 Å². The van der Waals surface area contributed by atoms with Gasteiger partial charge in [-0.25, -0.2) is 14.2 Å². The SMILES string of the molecule is COC(=O)CCCCN(c1cc(C)c(N=c2sc3ccccc3n2COCC[Si](C)(C)C)nn1)c1nc(C(=O)OC)c(CCCOc2ccc(C#CCN(C)C)cc2F)s1. The van der Waals surface area contributed by atoms with Crippen molar-refractivity contribution < 1.29 is 32.9 Å². The first-order valence-corrected chi connectivity index (χ1v) is 25.1. The molecule has 0 aliphatic carbocycles. The second-order valence-corrected chi connectivity index (χ2v) is 23.2. The largest absolute Gasteiger partial charge is 0.491 e. The number of benzene rings is 2. The number of unbranched alkanes of at least 4 members (excludes halogenated alkanes) is 1. The highest BCUT2D eigenvalue weighted by atomic mass is 32.1. The zero-order valence-electron chi connectivity index (χ0n) is 35.7. The summed E-state index contributed by atoms with van der Waals surface area (Å²) in [5.41, 5.74) is 2.57. The molecule has 0 radical (unpaired) electrons. The number of carbonyl (C=O) groups excluding carboxylic acids is 2. The summed E-state index contributed by atoms with van der Waals surface area (Å²) >= 11 is 2.89. The van der Waals surface area contributed by atoms with Crippen LogP contribution in [0, 0.1) is 24.6 Å². The van der Waals surface area contributed by atoms with Crippen LogP contribution in [0.15, 0.2) is 53.5 Å². The van der Waals surface area contributed by atoms with Gasteiger partial charge in [-0.05, 0) is 94.7 Å². The Morgan fingerprint density at radius 1 is 0.983 bits per heavy atom. The summed E-state index contributed by atoms with van der Waals surface area (Å²) < 4.78 is 39.9. The van der Waals surface area contributed by atoms with E-state index in [1.165, 1.54) is 31.6 Å². The molecule has 3 heterocycles. The fraction of sp³-hybridized carbons (Fsp3) is 0.442. The Bertz CT molecular complexity index is 2380. The van der Waals surface area contributed by atoms with Crippen LogP contribution >= 0.6 is 22.7 Å². The van der Waals surface area contributed by atoms with E-state index in [0.29, 0.717) is 79.3 Å². The highest BCUT2D eigenvalue weighted by molar-refractivity contribution is 7.16. The number of thiazole rings is 2. The van der Waals surface area contributed by atoms with Crippen LogP contribution in [0.5, 0.6) is 5.75 Å². The number of anilines is 2. The zero-order valence-corrected chi connectivity index (χ0v) is 38.3. The number of aryl methyl sites for hydroxylation is 2. The molecule has 60 heavy (non-hydrogen) atoms. The lowest BCUT2D eigenvalue weighted by Gasteiger charge is -2.21. The summed E-state index contributed by atoms with van der Waals surface area (Å²) in [6.45, 7) is 11.2. The van der Waals surface area contributed by atoms with Gasteiger partial charge in [-0.15, -0.1) is 21.5 Å². The number of halogens is 1. The molecule has 0 amide bonds. The average Bonchev–Trinajstić information content (AvgIpc) is 3.79. The molecular weight excluding hydrogens is 822 g/mol. The number of aromatic nitrogens is 4. The summed E-state index contributed by atoms with van der Waals surface area (Å²) in [6.07, 6.45) is 2.32. The second kappa shape index (κ2) is 22.0. The van der Waals surface area contributed by atoms with Crippen molar-refractivity contribution in [3.63, 3.8) is 0 Å². The van der Waals surface area contributed by atoms with Gasteiger partial charge in [0.25, 0.3) is 0 Å². The molecule has 0 fully saturated rings. The minimum atomic E-state index is -1.26. The summed E-state index contributed by atoms with van der Waals surface area (Å²) in [6, 6.07) is 15.8. The molecule has 0 bridgehead atoms. The van der Waals surface area contributed by atoms with Crippen LogP contribution in [-0.4, -0.2) is 99.3 Å². The Kier molecular flexibility index (Phi) is 16.9. The lowest BCUT2D eigenvalue weighted by molar-refractivity contribution is -0.140. The molecule has 3 aromatic heterocycles. The van der Waals surface area contributed by atoms with Gasteiger partial charge in [0.2, 0.25) is 0 Å². The van der Waals surface area contributed by atoms with Gasteiger partial charge in [-0.3, -0.25) is 14.3 Å². The van der Waals surface area contributed by atoms with Crippen molar-refractivity contribution in [2.75, 3.05) is 59.5 Å². The van der Waals surface area contributed by atoms with Crippen molar-refractivity contribution in [1.29, 1.82) is 0 Å². The van der Waals surface area contributed by atoms with E-state index in [-0.39, 0.29) is 30.4 Å². The standard InChI is InChI=1S/C43H54FN7O6S2Si/c1-30-27-37(47-48-40(30)46-43-51(29-56-25-26-60(6,7)8)33-16-9-10-17-35(33)58-43)50(23-12-11-19-38(52)54-4)42-45-39(41(53)55-5)36(59-42)18-14-24-57-34-21-20-31(28-32(34)44)15-13-22-49(2)3/h9-10,16-17,20-21,27-28H,11-12,14,18-19,22-26,29H2,1-8H3. The third-order valence-corrected chi connectivity index (χ3v) is 13.0. The maximum absolute atomic E-state index is 14.8. The highest BCUT2D eigenvalue weighted by Gasteiger charge is 2.24. The molecule has 0 N–H and O–H groups in total. The summed E-state index contributed by atoms with van der Waals surface area (Å²) in [7, 11) is 5.26. The van der Waals surface area contributed by atoms with Crippen molar-refractivity contribution in [3.05, 3.63) is 80.8 Å². The summed E-state index contributed by atoms with van der Waals surface area (Å²) in [5, 5.41) is 9.72. The Hall–Kier alpha value is -4.99. The van der Waals surface area contributed by atoms with Gasteiger partial charge < -0.3 is 23.8 Å². The number of fused-ring (bicyclic) bond motifs is 1. The van der Waals surface area contributed by atoms with E-state index in [9.17, 15) is 14.0 Å². The number of rotatable bonds is 20. The third-order valence-electron chi connectivity index (χ3n) is 9.13. The van der Waals surface area contributed by atoms with E-state index in [1.807, 2.05) is 49.0 Å². The van der Waals surface area contributed by atoms with Crippen molar-refractivity contribution in [3.8, 4) is 17.6 Å². The lowest BCUT2D eigenvalue weighted by atomic mass is 10.2. The van der Waals surface area contributed by atoms with E-state index in [2.05, 4.69) is 58.4 Å². The number of nitrogens with zero attached hydrogens (tertiary/aromatic N) is 7.